The van der Waals surface area contributed by atoms with Crippen molar-refractivity contribution >= 4 is 5.91 Å². The average Bonchev–Trinajstić information content (AvgIpc) is 2.32. The van der Waals surface area contributed by atoms with Gasteiger partial charge in [0.2, 0.25) is 5.91 Å². The molecular weight excluding hydrogens is 140 g/mol. The number of nitrogens with one attached hydrogen (secondary N) is 1. The number of hydrogen-bond acceptors (Lipinski definition) is 2. The van der Waals surface area contributed by atoms with E-state index < -0.39 is 0 Å². The fraction of sp³-hybridized carbons (Fsp3) is 0.875. The van der Waals surface area contributed by atoms with Crippen LogP contribution in [0, 0.1) is 0 Å². The van der Waals surface area contributed by atoms with Crippen LogP contribution in [-0.4, -0.2) is 36.5 Å². The molecule has 1 atom stereocenters. The van der Waals surface area contributed by atoms with Gasteiger partial charge in [0, 0.05) is 13.1 Å². The average molecular weight is 154 g/mol. The molecule has 0 aromatic heterocycles. The molecule has 62 valence electrons. The van der Waals surface area contributed by atoms with Crippen LogP contribution in [0.5, 0.6) is 0 Å². The molecule has 0 saturated carbocycles. The van der Waals surface area contributed by atoms with E-state index in [0.29, 0.717) is 5.91 Å². The van der Waals surface area contributed by atoms with Crippen LogP contribution < -0.4 is 5.32 Å². The van der Waals surface area contributed by atoms with E-state index in [1.165, 1.54) is 12.8 Å². The Morgan fingerprint density at radius 1 is 1.36 bits per heavy atom. The van der Waals surface area contributed by atoms with Crippen molar-refractivity contribution < 1.29 is 4.79 Å². The summed E-state index contributed by atoms with van der Waals surface area (Å²) in [7, 11) is 0. The van der Waals surface area contributed by atoms with Crippen molar-refractivity contribution in [2.45, 2.75) is 25.3 Å². The lowest BCUT2D eigenvalue weighted by Gasteiger charge is -2.30. The molecule has 3 nitrogen and oxygen atoms in total. The molecule has 2 fully saturated rings. The van der Waals surface area contributed by atoms with E-state index >= 15 is 0 Å². The molecule has 2 heterocycles. The quantitative estimate of drug-likeness (QED) is 0.575. The molecule has 2 aliphatic heterocycles. The van der Waals surface area contributed by atoms with Crippen molar-refractivity contribution in [2.75, 3.05) is 19.6 Å². The molecule has 1 amide bonds. The smallest absolute Gasteiger partial charge is 0.239 e. The van der Waals surface area contributed by atoms with Crippen molar-refractivity contribution in [3.05, 3.63) is 0 Å². The zero-order valence-electron chi connectivity index (χ0n) is 6.68. The molecule has 2 rings (SSSR count). The minimum Gasteiger partial charge on any atom is -0.341 e. The highest BCUT2D eigenvalue weighted by atomic mass is 16.2. The molecule has 0 aliphatic carbocycles. The summed E-state index contributed by atoms with van der Waals surface area (Å²) in [6, 6.07) is 0.160. The Kier molecular flexibility index (Phi) is 1.82. The Morgan fingerprint density at radius 2 is 2.00 bits per heavy atom. The summed E-state index contributed by atoms with van der Waals surface area (Å²) in [5.41, 5.74) is 0. The van der Waals surface area contributed by atoms with Gasteiger partial charge < -0.3 is 10.2 Å². The van der Waals surface area contributed by atoms with Crippen molar-refractivity contribution in [1.82, 2.24) is 10.2 Å². The van der Waals surface area contributed by atoms with E-state index in [-0.39, 0.29) is 6.04 Å². The zero-order valence-corrected chi connectivity index (χ0v) is 6.68. The lowest BCUT2D eigenvalue weighted by molar-refractivity contribution is -0.134. The van der Waals surface area contributed by atoms with Gasteiger partial charge >= 0.3 is 0 Å². The number of likely N-dealkylation sites (tertiary alicyclic amines) is 1. The summed E-state index contributed by atoms with van der Waals surface area (Å²) in [5, 5.41) is 3.13. The van der Waals surface area contributed by atoms with Gasteiger partial charge in [-0.3, -0.25) is 4.79 Å². The Labute approximate surface area is 66.8 Å². The molecule has 0 unspecified atom stereocenters. The number of amides is 1. The second-order valence-electron chi connectivity index (χ2n) is 3.33. The third kappa shape index (κ3) is 1.25. The standard InChI is InChI=1S/C8H14N2O/c11-8(7-3-4-9-7)10-5-1-2-6-10/h7,9H,1-6H2/t7-/m1/s1. The summed E-state index contributed by atoms with van der Waals surface area (Å²) in [5.74, 6) is 0.328. The van der Waals surface area contributed by atoms with Crippen molar-refractivity contribution in [1.29, 1.82) is 0 Å². The lowest BCUT2D eigenvalue weighted by atomic mass is 10.1. The molecular formula is C8H14N2O. The van der Waals surface area contributed by atoms with E-state index in [4.69, 9.17) is 0 Å². The largest absolute Gasteiger partial charge is 0.341 e. The predicted molar refractivity (Wildman–Crippen MR) is 42.2 cm³/mol. The van der Waals surface area contributed by atoms with Gasteiger partial charge in [-0.2, -0.15) is 0 Å². The summed E-state index contributed by atoms with van der Waals surface area (Å²) in [4.78, 5) is 13.5. The van der Waals surface area contributed by atoms with Gasteiger partial charge in [0.15, 0.2) is 0 Å². The first kappa shape index (κ1) is 7.10. The fourth-order valence-electron chi connectivity index (χ4n) is 1.66. The Balaban J connectivity index is 1.87. The van der Waals surface area contributed by atoms with Crippen LogP contribution in [-0.2, 0) is 4.79 Å². The summed E-state index contributed by atoms with van der Waals surface area (Å²) in [6.45, 7) is 2.98. The molecule has 0 spiro atoms. The Hall–Kier alpha value is -0.570. The van der Waals surface area contributed by atoms with Gasteiger partial charge in [0.1, 0.15) is 0 Å². The highest BCUT2D eigenvalue weighted by Crippen LogP contribution is 2.12. The topological polar surface area (TPSA) is 32.3 Å². The number of carbonyl (C=O) groups is 1. The summed E-state index contributed by atoms with van der Waals surface area (Å²) in [6.07, 6.45) is 3.42. The molecule has 0 radical (unpaired) electrons. The maximum Gasteiger partial charge on any atom is 0.239 e. The molecule has 2 aliphatic rings. The van der Waals surface area contributed by atoms with E-state index in [2.05, 4.69) is 5.32 Å². The van der Waals surface area contributed by atoms with Crippen molar-refractivity contribution in [3.63, 3.8) is 0 Å². The van der Waals surface area contributed by atoms with Gasteiger partial charge in [-0.1, -0.05) is 0 Å². The van der Waals surface area contributed by atoms with E-state index in [1.54, 1.807) is 0 Å². The second kappa shape index (κ2) is 2.81. The molecule has 11 heavy (non-hydrogen) atoms. The van der Waals surface area contributed by atoms with Crippen molar-refractivity contribution in [3.8, 4) is 0 Å². The first-order valence-corrected chi connectivity index (χ1v) is 4.40. The van der Waals surface area contributed by atoms with Crippen LogP contribution in [0.25, 0.3) is 0 Å². The predicted octanol–water partition coefficient (Wildman–Crippen LogP) is -0.0293. The van der Waals surface area contributed by atoms with Crippen LogP contribution >= 0.6 is 0 Å². The Morgan fingerprint density at radius 3 is 2.45 bits per heavy atom. The minimum atomic E-state index is 0.160. The van der Waals surface area contributed by atoms with Crippen LogP contribution in [0.15, 0.2) is 0 Å². The first-order chi connectivity index (χ1) is 5.38. The number of hydrogen-bond donors (Lipinski definition) is 1. The van der Waals surface area contributed by atoms with Crippen LogP contribution in [0.2, 0.25) is 0 Å². The minimum absolute atomic E-state index is 0.160. The SMILES string of the molecule is O=C([C@H]1CCN1)N1CCCC1. The summed E-state index contributed by atoms with van der Waals surface area (Å²) >= 11 is 0. The zero-order chi connectivity index (χ0) is 7.68. The molecule has 0 bridgehead atoms. The van der Waals surface area contributed by atoms with Crippen molar-refractivity contribution in [2.24, 2.45) is 0 Å². The summed E-state index contributed by atoms with van der Waals surface area (Å²) < 4.78 is 0. The van der Waals surface area contributed by atoms with E-state index in [0.717, 1.165) is 26.1 Å². The van der Waals surface area contributed by atoms with Gasteiger partial charge in [-0.05, 0) is 25.8 Å². The van der Waals surface area contributed by atoms with Crippen LogP contribution in [0.1, 0.15) is 19.3 Å². The third-order valence-corrected chi connectivity index (χ3v) is 2.54. The maximum absolute atomic E-state index is 11.5. The molecule has 2 saturated heterocycles. The first-order valence-electron chi connectivity index (χ1n) is 4.40. The molecule has 0 aromatic rings. The van der Waals surface area contributed by atoms with E-state index in [1.807, 2.05) is 4.90 Å². The fourth-order valence-corrected chi connectivity index (χ4v) is 1.66. The molecule has 1 N–H and O–H groups in total. The van der Waals surface area contributed by atoms with Gasteiger partial charge in [-0.25, -0.2) is 0 Å². The third-order valence-electron chi connectivity index (χ3n) is 2.54. The van der Waals surface area contributed by atoms with Crippen LogP contribution in [0.4, 0.5) is 0 Å². The number of carbonyl (C=O) groups excluding carboxylic acids is 1. The van der Waals surface area contributed by atoms with Gasteiger partial charge in [0.05, 0.1) is 6.04 Å². The van der Waals surface area contributed by atoms with Gasteiger partial charge in [0.25, 0.3) is 0 Å². The number of rotatable bonds is 1. The lowest BCUT2D eigenvalue weighted by Crippen LogP contribution is -2.53. The Bertz CT molecular complexity index is 159. The van der Waals surface area contributed by atoms with Crippen LogP contribution in [0.3, 0.4) is 0 Å². The second-order valence-corrected chi connectivity index (χ2v) is 3.33. The molecule has 0 aromatic carbocycles. The molecule has 3 heteroatoms. The highest BCUT2D eigenvalue weighted by molar-refractivity contribution is 5.82. The van der Waals surface area contributed by atoms with E-state index in [9.17, 15) is 4.79 Å². The van der Waals surface area contributed by atoms with Gasteiger partial charge in [-0.15, -0.1) is 0 Å². The normalized spacial score (nSPS) is 30.2. The number of nitrogens with zero attached hydrogens (tertiary/aromatic N) is 1. The highest BCUT2D eigenvalue weighted by Gasteiger charge is 2.29. The monoisotopic (exact) mass is 154 g/mol. The maximum atomic E-state index is 11.5.